The fourth-order valence-corrected chi connectivity index (χ4v) is 3.16. The van der Waals surface area contributed by atoms with Crippen LogP contribution in [0.2, 0.25) is 0 Å². The number of nitrogens with zero attached hydrogens (tertiary/aromatic N) is 1. The van der Waals surface area contributed by atoms with Crippen molar-refractivity contribution in [2.24, 2.45) is 0 Å². The van der Waals surface area contributed by atoms with Crippen molar-refractivity contribution in [3.8, 4) is 0 Å². The van der Waals surface area contributed by atoms with Crippen molar-refractivity contribution in [1.82, 2.24) is 0 Å². The van der Waals surface area contributed by atoms with Crippen LogP contribution >= 0.6 is 0 Å². The SMILES string of the molecule is CCCCCCCCCCCCCCCCCC[N+](C)(C)CO.[Cl-]. The lowest BCUT2D eigenvalue weighted by Gasteiger charge is -2.26. The lowest BCUT2D eigenvalue weighted by molar-refractivity contribution is -0.909. The Morgan fingerprint density at radius 1 is 0.542 bits per heavy atom. The topological polar surface area (TPSA) is 20.2 Å². The third-order valence-corrected chi connectivity index (χ3v) is 5.00. The highest BCUT2D eigenvalue weighted by Crippen LogP contribution is 2.14. The molecule has 148 valence electrons. The number of hydrogen-bond acceptors (Lipinski definition) is 1. The zero-order valence-corrected chi connectivity index (χ0v) is 17.8. The summed E-state index contributed by atoms with van der Waals surface area (Å²) in [5.74, 6) is 0. The molecule has 0 spiro atoms. The summed E-state index contributed by atoms with van der Waals surface area (Å²) in [6.45, 7) is 3.66. The molecule has 0 heterocycles. The molecule has 0 saturated heterocycles. The van der Waals surface area contributed by atoms with Crippen molar-refractivity contribution in [2.45, 2.75) is 110 Å². The Kier molecular flexibility index (Phi) is 21.5. The molecule has 0 radical (unpaired) electrons. The van der Waals surface area contributed by atoms with E-state index < -0.39 is 0 Å². The summed E-state index contributed by atoms with van der Waals surface area (Å²) in [7, 11) is 4.20. The summed E-state index contributed by atoms with van der Waals surface area (Å²) in [6, 6.07) is 0. The predicted molar refractivity (Wildman–Crippen MR) is 104 cm³/mol. The minimum atomic E-state index is 0. The van der Waals surface area contributed by atoms with Crippen molar-refractivity contribution in [1.29, 1.82) is 0 Å². The van der Waals surface area contributed by atoms with Gasteiger partial charge in [-0.2, -0.15) is 0 Å². The monoisotopic (exact) mass is 363 g/mol. The van der Waals surface area contributed by atoms with Crippen LogP contribution in [-0.2, 0) is 0 Å². The number of quaternary nitrogens is 1. The van der Waals surface area contributed by atoms with E-state index in [9.17, 15) is 5.11 Å². The van der Waals surface area contributed by atoms with Crippen molar-refractivity contribution in [2.75, 3.05) is 27.4 Å². The molecule has 0 aliphatic carbocycles. The lowest BCUT2D eigenvalue weighted by Crippen LogP contribution is -3.00. The first kappa shape index (κ1) is 26.4. The zero-order valence-electron chi connectivity index (χ0n) is 17.0. The molecule has 0 unspecified atom stereocenters. The van der Waals surface area contributed by atoms with E-state index in [2.05, 4.69) is 21.0 Å². The average molecular weight is 364 g/mol. The van der Waals surface area contributed by atoms with Gasteiger partial charge in [0, 0.05) is 0 Å². The summed E-state index contributed by atoms with van der Waals surface area (Å²) >= 11 is 0. The number of rotatable bonds is 18. The highest BCUT2D eigenvalue weighted by molar-refractivity contribution is 4.50. The van der Waals surface area contributed by atoms with Crippen molar-refractivity contribution >= 4 is 0 Å². The number of hydrogen-bond donors (Lipinski definition) is 1. The van der Waals surface area contributed by atoms with Crippen LogP contribution in [0.3, 0.4) is 0 Å². The van der Waals surface area contributed by atoms with Gasteiger partial charge in [0.25, 0.3) is 0 Å². The Hall–Kier alpha value is 0.210. The van der Waals surface area contributed by atoms with Crippen molar-refractivity contribution in [3.05, 3.63) is 0 Å². The first-order valence-corrected chi connectivity index (χ1v) is 10.6. The maximum atomic E-state index is 9.19. The van der Waals surface area contributed by atoms with Gasteiger partial charge < -0.3 is 22.0 Å². The van der Waals surface area contributed by atoms with Crippen LogP contribution in [0.5, 0.6) is 0 Å². The second-order valence-corrected chi connectivity index (χ2v) is 8.10. The van der Waals surface area contributed by atoms with Crippen LogP contribution in [0.25, 0.3) is 0 Å². The molecule has 0 aromatic carbocycles. The molecule has 0 amide bonds. The van der Waals surface area contributed by atoms with E-state index in [0.29, 0.717) is 0 Å². The highest BCUT2D eigenvalue weighted by atomic mass is 35.5. The molecule has 0 atom stereocenters. The molecule has 0 saturated carbocycles. The van der Waals surface area contributed by atoms with Crippen molar-refractivity contribution in [3.63, 3.8) is 0 Å². The van der Waals surface area contributed by atoms with Crippen LogP contribution in [-0.4, -0.2) is 37.0 Å². The van der Waals surface area contributed by atoms with Crippen LogP contribution in [0.4, 0.5) is 0 Å². The Labute approximate surface area is 159 Å². The summed E-state index contributed by atoms with van der Waals surface area (Å²) in [6.07, 6.45) is 22.7. The van der Waals surface area contributed by atoms with Crippen LogP contribution in [0.15, 0.2) is 0 Å². The van der Waals surface area contributed by atoms with Gasteiger partial charge in [0.2, 0.25) is 0 Å². The van der Waals surface area contributed by atoms with Crippen LogP contribution in [0.1, 0.15) is 110 Å². The molecule has 2 nitrogen and oxygen atoms in total. The van der Waals surface area contributed by atoms with Gasteiger partial charge in [-0.1, -0.05) is 96.8 Å². The molecule has 0 bridgehead atoms. The Balaban J connectivity index is 0. The van der Waals surface area contributed by atoms with E-state index in [1.54, 1.807) is 0 Å². The van der Waals surface area contributed by atoms with Gasteiger partial charge in [-0.25, -0.2) is 0 Å². The molecule has 0 fully saturated rings. The Bertz CT molecular complexity index is 234. The fraction of sp³-hybridized carbons (Fsp3) is 1.00. The number of halogens is 1. The molecule has 0 aromatic heterocycles. The smallest absolute Gasteiger partial charge is 0.179 e. The van der Waals surface area contributed by atoms with E-state index >= 15 is 0 Å². The number of aliphatic hydroxyl groups excluding tert-OH is 1. The second kappa shape index (κ2) is 19.5. The van der Waals surface area contributed by atoms with Gasteiger partial charge >= 0.3 is 0 Å². The van der Waals surface area contributed by atoms with E-state index in [1.807, 2.05) is 0 Å². The molecule has 24 heavy (non-hydrogen) atoms. The largest absolute Gasteiger partial charge is 1.00 e. The van der Waals surface area contributed by atoms with Crippen molar-refractivity contribution < 1.29 is 22.0 Å². The molecule has 0 aliphatic rings. The summed E-state index contributed by atoms with van der Waals surface area (Å²) in [5, 5.41) is 9.19. The van der Waals surface area contributed by atoms with Crippen LogP contribution in [0, 0.1) is 0 Å². The minimum absolute atomic E-state index is 0. The van der Waals surface area contributed by atoms with E-state index in [1.165, 1.54) is 103 Å². The standard InChI is InChI=1S/C21H46NO.ClH/c1-4-5-6-7-8-9-10-11-12-13-14-15-16-17-18-19-20-22(2,3)21-23;/h23H,4-21H2,1-3H3;1H/q+1;/p-1. The molecular formula is C21H46ClNO. The molecule has 0 aromatic rings. The van der Waals surface area contributed by atoms with Gasteiger partial charge in [0.05, 0.1) is 20.6 Å². The quantitative estimate of drug-likeness (QED) is 0.225. The first-order chi connectivity index (χ1) is 11.1. The normalized spacial score (nSPS) is 11.5. The summed E-state index contributed by atoms with van der Waals surface area (Å²) < 4.78 is 0.749. The third kappa shape index (κ3) is 20.3. The third-order valence-electron chi connectivity index (χ3n) is 5.00. The Morgan fingerprint density at radius 3 is 1.12 bits per heavy atom. The average Bonchev–Trinajstić information content (AvgIpc) is 2.54. The van der Waals surface area contributed by atoms with Gasteiger partial charge in [-0.15, -0.1) is 0 Å². The van der Waals surface area contributed by atoms with Gasteiger partial charge in [-0.05, 0) is 12.8 Å². The summed E-state index contributed by atoms with van der Waals surface area (Å²) in [4.78, 5) is 0. The lowest BCUT2D eigenvalue weighted by atomic mass is 10.0. The van der Waals surface area contributed by atoms with Gasteiger partial charge in [0.15, 0.2) is 6.73 Å². The maximum absolute atomic E-state index is 9.19. The predicted octanol–water partition coefficient (Wildman–Crippen LogP) is 3.28. The minimum Gasteiger partial charge on any atom is -1.00 e. The number of aliphatic hydroxyl groups is 1. The summed E-state index contributed by atoms with van der Waals surface area (Å²) in [5.41, 5.74) is 0. The zero-order chi connectivity index (χ0) is 17.2. The first-order valence-electron chi connectivity index (χ1n) is 10.6. The van der Waals surface area contributed by atoms with Gasteiger partial charge in [0.1, 0.15) is 0 Å². The molecule has 0 rings (SSSR count). The highest BCUT2D eigenvalue weighted by Gasteiger charge is 2.11. The molecular weight excluding hydrogens is 318 g/mol. The molecule has 3 heteroatoms. The van der Waals surface area contributed by atoms with E-state index in [0.717, 1.165) is 11.0 Å². The molecule has 1 N–H and O–H groups in total. The maximum Gasteiger partial charge on any atom is 0.179 e. The fourth-order valence-electron chi connectivity index (χ4n) is 3.16. The molecule has 0 aliphatic heterocycles. The number of unbranched alkanes of at least 4 members (excludes halogenated alkanes) is 15. The van der Waals surface area contributed by atoms with E-state index in [-0.39, 0.29) is 19.1 Å². The van der Waals surface area contributed by atoms with E-state index in [4.69, 9.17) is 0 Å². The van der Waals surface area contributed by atoms with Crippen LogP contribution < -0.4 is 12.4 Å². The second-order valence-electron chi connectivity index (χ2n) is 8.10. The Morgan fingerprint density at radius 2 is 0.833 bits per heavy atom. The van der Waals surface area contributed by atoms with Gasteiger partial charge in [-0.3, -0.25) is 0 Å².